The molecule has 2 N–H and O–H groups in total. The number of anilines is 1. The highest BCUT2D eigenvalue weighted by Gasteiger charge is 2.17. The van der Waals surface area contributed by atoms with Gasteiger partial charge >= 0.3 is 0 Å². The lowest BCUT2D eigenvalue weighted by Gasteiger charge is -2.16. The van der Waals surface area contributed by atoms with E-state index in [0.29, 0.717) is 19.2 Å². The summed E-state index contributed by atoms with van der Waals surface area (Å²) in [7, 11) is 0. The first-order chi connectivity index (χ1) is 9.54. The van der Waals surface area contributed by atoms with E-state index in [0.717, 1.165) is 16.8 Å². The number of fused-ring (bicyclic) bond motifs is 1. The fraction of sp³-hybridized carbons (Fsp3) is 0.533. The van der Waals surface area contributed by atoms with Gasteiger partial charge in [0.1, 0.15) is 11.3 Å². The minimum absolute atomic E-state index is 0.104. The topological polar surface area (TPSA) is 62.3 Å². The summed E-state index contributed by atoms with van der Waals surface area (Å²) in [5.74, 6) is 1.26. The second kappa shape index (κ2) is 6.13. The Morgan fingerprint density at radius 3 is 2.70 bits per heavy atom. The highest BCUT2D eigenvalue weighted by molar-refractivity contribution is 5.84. The second-order valence-corrected chi connectivity index (χ2v) is 5.14. The maximum atomic E-state index is 6.07. The molecule has 1 aromatic carbocycles. The van der Waals surface area contributed by atoms with Crippen LogP contribution in [0.25, 0.3) is 11.0 Å². The summed E-state index contributed by atoms with van der Waals surface area (Å²) in [5, 5.41) is 0. The van der Waals surface area contributed by atoms with Gasteiger partial charge < -0.3 is 19.8 Å². The average molecular weight is 277 g/mol. The average Bonchev–Trinajstić information content (AvgIpc) is 2.73. The zero-order chi connectivity index (χ0) is 14.7. The zero-order valence-electron chi connectivity index (χ0n) is 12.6. The number of imidazole rings is 1. The Hall–Kier alpha value is -1.75. The fourth-order valence-corrected chi connectivity index (χ4v) is 2.28. The molecular weight excluding hydrogens is 254 g/mol. The van der Waals surface area contributed by atoms with Crippen LogP contribution in [0.1, 0.15) is 33.7 Å². The Labute approximate surface area is 119 Å². The van der Waals surface area contributed by atoms with Gasteiger partial charge in [0.25, 0.3) is 0 Å². The Morgan fingerprint density at radius 1 is 1.30 bits per heavy atom. The molecule has 1 heterocycles. The van der Waals surface area contributed by atoms with Crippen molar-refractivity contribution in [1.82, 2.24) is 9.55 Å². The van der Waals surface area contributed by atoms with E-state index in [9.17, 15) is 0 Å². The summed E-state index contributed by atoms with van der Waals surface area (Å²) >= 11 is 0. The van der Waals surface area contributed by atoms with E-state index in [2.05, 4.69) is 11.9 Å². The van der Waals surface area contributed by atoms with Crippen LogP contribution in [-0.4, -0.2) is 28.9 Å². The standard InChI is InChI=1S/C15H23N3O2/c1-5-19-9-11(4)18-12-7-6-8-13(20-10(2)3)14(12)17-15(18)16/h6-8,10-11H,5,9H2,1-4H3,(H2,16,17). The fourth-order valence-electron chi connectivity index (χ4n) is 2.28. The van der Waals surface area contributed by atoms with Crippen molar-refractivity contribution < 1.29 is 9.47 Å². The Balaban J connectivity index is 2.43. The summed E-state index contributed by atoms with van der Waals surface area (Å²) in [4.78, 5) is 4.46. The minimum atomic E-state index is 0.104. The molecule has 0 aliphatic rings. The lowest BCUT2D eigenvalue weighted by molar-refractivity contribution is 0.120. The SMILES string of the molecule is CCOCC(C)n1c(N)nc2c(OC(C)C)cccc21. The molecule has 1 atom stereocenters. The van der Waals surface area contributed by atoms with Gasteiger partial charge in [0.15, 0.2) is 0 Å². The van der Waals surface area contributed by atoms with Gasteiger partial charge in [0, 0.05) is 6.61 Å². The summed E-state index contributed by atoms with van der Waals surface area (Å²) in [6.45, 7) is 9.35. The molecule has 0 bridgehead atoms. The highest BCUT2D eigenvalue weighted by atomic mass is 16.5. The van der Waals surface area contributed by atoms with Crippen molar-refractivity contribution in [3.63, 3.8) is 0 Å². The number of benzene rings is 1. The first kappa shape index (κ1) is 14.7. The van der Waals surface area contributed by atoms with E-state index in [1.54, 1.807) is 0 Å². The van der Waals surface area contributed by atoms with Crippen LogP contribution in [0.3, 0.4) is 0 Å². The molecule has 2 aromatic rings. The van der Waals surface area contributed by atoms with Crippen molar-refractivity contribution in [3.8, 4) is 5.75 Å². The van der Waals surface area contributed by atoms with Crippen molar-refractivity contribution in [2.75, 3.05) is 18.9 Å². The van der Waals surface area contributed by atoms with Crippen LogP contribution in [0.2, 0.25) is 0 Å². The number of ether oxygens (including phenoxy) is 2. The molecule has 0 radical (unpaired) electrons. The molecule has 0 spiro atoms. The van der Waals surface area contributed by atoms with Crippen molar-refractivity contribution in [2.24, 2.45) is 0 Å². The predicted octanol–water partition coefficient (Wildman–Crippen LogP) is 3.00. The molecular formula is C15H23N3O2. The van der Waals surface area contributed by atoms with Gasteiger partial charge in [0.2, 0.25) is 5.95 Å². The van der Waals surface area contributed by atoms with E-state index in [1.807, 2.05) is 43.5 Å². The Kier molecular flexibility index (Phi) is 4.49. The minimum Gasteiger partial charge on any atom is -0.489 e. The lowest BCUT2D eigenvalue weighted by atomic mass is 10.2. The van der Waals surface area contributed by atoms with Crippen molar-refractivity contribution in [2.45, 2.75) is 39.8 Å². The van der Waals surface area contributed by atoms with E-state index in [-0.39, 0.29) is 12.1 Å². The van der Waals surface area contributed by atoms with Gasteiger partial charge in [-0.1, -0.05) is 6.07 Å². The number of nitrogens with zero attached hydrogens (tertiary/aromatic N) is 2. The normalized spacial score (nSPS) is 13.1. The third kappa shape index (κ3) is 2.88. The molecule has 1 unspecified atom stereocenters. The third-order valence-electron chi connectivity index (χ3n) is 3.08. The first-order valence-corrected chi connectivity index (χ1v) is 7.05. The van der Waals surface area contributed by atoms with Crippen LogP contribution in [0.4, 0.5) is 5.95 Å². The highest BCUT2D eigenvalue weighted by Crippen LogP contribution is 2.30. The van der Waals surface area contributed by atoms with Crippen LogP contribution in [-0.2, 0) is 4.74 Å². The van der Waals surface area contributed by atoms with Gasteiger partial charge in [-0.05, 0) is 39.8 Å². The van der Waals surface area contributed by atoms with Crippen molar-refractivity contribution >= 4 is 17.0 Å². The monoisotopic (exact) mass is 277 g/mol. The summed E-state index contributed by atoms with van der Waals surface area (Å²) in [6, 6.07) is 6.03. The van der Waals surface area contributed by atoms with E-state index in [1.165, 1.54) is 0 Å². The van der Waals surface area contributed by atoms with Gasteiger partial charge in [-0.3, -0.25) is 0 Å². The number of hydrogen-bond acceptors (Lipinski definition) is 4. The number of para-hydroxylation sites is 1. The van der Waals surface area contributed by atoms with Crippen molar-refractivity contribution in [1.29, 1.82) is 0 Å². The molecule has 110 valence electrons. The number of aromatic nitrogens is 2. The predicted molar refractivity (Wildman–Crippen MR) is 81.1 cm³/mol. The van der Waals surface area contributed by atoms with Crippen LogP contribution in [0.5, 0.6) is 5.75 Å². The van der Waals surface area contributed by atoms with Gasteiger partial charge in [0.05, 0.1) is 24.3 Å². The lowest BCUT2D eigenvalue weighted by Crippen LogP contribution is -2.14. The van der Waals surface area contributed by atoms with Crippen LogP contribution >= 0.6 is 0 Å². The molecule has 1 aromatic heterocycles. The van der Waals surface area contributed by atoms with E-state index < -0.39 is 0 Å². The summed E-state index contributed by atoms with van der Waals surface area (Å²) < 4.78 is 13.3. The quantitative estimate of drug-likeness (QED) is 0.881. The van der Waals surface area contributed by atoms with Crippen LogP contribution in [0, 0.1) is 0 Å². The third-order valence-corrected chi connectivity index (χ3v) is 3.08. The molecule has 0 saturated carbocycles. The smallest absolute Gasteiger partial charge is 0.201 e. The Bertz CT molecular complexity index is 578. The van der Waals surface area contributed by atoms with E-state index in [4.69, 9.17) is 15.2 Å². The number of nitrogens with two attached hydrogens (primary N) is 1. The van der Waals surface area contributed by atoms with Gasteiger partial charge in [-0.2, -0.15) is 0 Å². The molecule has 20 heavy (non-hydrogen) atoms. The number of hydrogen-bond donors (Lipinski definition) is 1. The van der Waals surface area contributed by atoms with Crippen LogP contribution in [0.15, 0.2) is 18.2 Å². The largest absolute Gasteiger partial charge is 0.489 e. The summed E-state index contributed by atoms with van der Waals surface area (Å²) in [5.41, 5.74) is 7.85. The molecule has 2 rings (SSSR count). The van der Waals surface area contributed by atoms with Crippen LogP contribution < -0.4 is 10.5 Å². The Morgan fingerprint density at radius 2 is 2.05 bits per heavy atom. The molecule has 0 aliphatic heterocycles. The zero-order valence-corrected chi connectivity index (χ0v) is 12.6. The van der Waals surface area contributed by atoms with E-state index >= 15 is 0 Å². The molecule has 5 heteroatoms. The molecule has 0 fully saturated rings. The maximum absolute atomic E-state index is 6.07. The maximum Gasteiger partial charge on any atom is 0.201 e. The molecule has 5 nitrogen and oxygen atoms in total. The van der Waals surface area contributed by atoms with Crippen molar-refractivity contribution in [3.05, 3.63) is 18.2 Å². The van der Waals surface area contributed by atoms with Gasteiger partial charge in [-0.25, -0.2) is 4.98 Å². The molecule has 0 aliphatic carbocycles. The molecule has 0 saturated heterocycles. The first-order valence-electron chi connectivity index (χ1n) is 7.05. The second-order valence-electron chi connectivity index (χ2n) is 5.14. The number of rotatable bonds is 6. The van der Waals surface area contributed by atoms with Gasteiger partial charge in [-0.15, -0.1) is 0 Å². The molecule has 0 amide bonds. The number of nitrogen functional groups attached to an aromatic ring is 1. The summed E-state index contributed by atoms with van der Waals surface area (Å²) in [6.07, 6.45) is 0.104.